The lowest BCUT2D eigenvalue weighted by atomic mass is 9.96. The number of unbranched alkanes of at least 4 members (excludes halogenated alkanes) is 7. The predicted octanol–water partition coefficient (Wildman–Crippen LogP) is 7.81. The van der Waals surface area contributed by atoms with Crippen LogP contribution in [0, 0.1) is 5.92 Å². The van der Waals surface area contributed by atoms with Gasteiger partial charge in [-0.3, -0.25) is 0 Å². The molecular formula is C23H36. The predicted molar refractivity (Wildman–Crippen MR) is 106 cm³/mol. The van der Waals surface area contributed by atoms with Crippen molar-refractivity contribution in [3.63, 3.8) is 0 Å². The van der Waals surface area contributed by atoms with Gasteiger partial charge in [-0.05, 0) is 31.2 Å². The maximum absolute atomic E-state index is 2.39. The molecule has 1 rings (SSSR count). The van der Waals surface area contributed by atoms with Gasteiger partial charge in [-0.1, -0.05) is 113 Å². The van der Waals surface area contributed by atoms with E-state index in [2.05, 4.69) is 68.5 Å². The highest BCUT2D eigenvalue weighted by Crippen LogP contribution is 2.18. The van der Waals surface area contributed by atoms with Gasteiger partial charge in [-0.25, -0.2) is 0 Å². The molecule has 1 unspecified atom stereocenters. The lowest BCUT2D eigenvalue weighted by Crippen LogP contribution is -1.95. The molecule has 0 heterocycles. The molecule has 0 heteroatoms. The summed E-state index contributed by atoms with van der Waals surface area (Å²) < 4.78 is 0. The highest BCUT2D eigenvalue weighted by Gasteiger charge is 2.02. The maximum Gasteiger partial charge on any atom is -0.0199 e. The maximum atomic E-state index is 2.39. The van der Waals surface area contributed by atoms with Crippen LogP contribution in [-0.2, 0) is 0 Å². The zero-order valence-electron chi connectivity index (χ0n) is 15.3. The summed E-state index contributed by atoms with van der Waals surface area (Å²) in [4.78, 5) is 0. The lowest BCUT2D eigenvalue weighted by molar-refractivity contribution is 0.516. The van der Waals surface area contributed by atoms with Crippen LogP contribution in [-0.4, -0.2) is 0 Å². The average molecular weight is 313 g/mol. The second-order valence-corrected chi connectivity index (χ2v) is 6.60. The van der Waals surface area contributed by atoms with Crippen LogP contribution in [0.15, 0.2) is 48.6 Å². The number of benzene rings is 1. The van der Waals surface area contributed by atoms with Gasteiger partial charge in [0.25, 0.3) is 0 Å². The SMILES string of the molecule is C/C=C/C(C/C=C/c1ccccc1)CCCCCCCCCC. The molecule has 1 aromatic rings. The highest BCUT2D eigenvalue weighted by molar-refractivity contribution is 5.48. The fourth-order valence-corrected chi connectivity index (χ4v) is 3.05. The summed E-state index contributed by atoms with van der Waals surface area (Å²) in [5.41, 5.74) is 1.30. The average Bonchev–Trinajstić information content (AvgIpc) is 2.58. The second kappa shape index (κ2) is 14.3. The Labute approximate surface area is 144 Å². The third-order valence-electron chi connectivity index (χ3n) is 4.44. The summed E-state index contributed by atoms with van der Waals surface area (Å²) in [6, 6.07) is 10.6. The van der Waals surface area contributed by atoms with E-state index < -0.39 is 0 Å². The summed E-state index contributed by atoms with van der Waals surface area (Å²) in [5.74, 6) is 0.708. The first kappa shape index (κ1) is 19.7. The van der Waals surface area contributed by atoms with E-state index in [4.69, 9.17) is 0 Å². The van der Waals surface area contributed by atoms with E-state index in [1.807, 2.05) is 0 Å². The quantitative estimate of drug-likeness (QED) is 0.257. The van der Waals surface area contributed by atoms with Crippen LogP contribution in [0.1, 0.15) is 83.6 Å². The van der Waals surface area contributed by atoms with Crippen molar-refractivity contribution in [2.75, 3.05) is 0 Å². The molecule has 23 heavy (non-hydrogen) atoms. The molecular weight excluding hydrogens is 276 g/mol. The van der Waals surface area contributed by atoms with E-state index in [9.17, 15) is 0 Å². The molecule has 0 saturated heterocycles. The number of hydrogen-bond acceptors (Lipinski definition) is 0. The molecule has 128 valence electrons. The molecule has 0 fully saturated rings. The van der Waals surface area contributed by atoms with Crippen LogP contribution in [0.25, 0.3) is 6.08 Å². The molecule has 0 bridgehead atoms. The lowest BCUT2D eigenvalue weighted by Gasteiger charge is -2.10. The normalized spacial score (nSPS) is 13.1. The Morgan fingerprint density at radius 2 is 1.52 bits per heavy atom. The van der Waals surface area contributed by atoms with Gasteiger partial charge in [0.1, 0.15) is 0 Å². The molecule has 0 amide bonds. The van der Waals surface area contributed by atoms with Crippen molar-refractivity contribution in [3.8, 4) is 0 Å². The molecule has 0 aliphatic heterocycles. The second-order valence-electron chi connectivity index (χ2n) is 6.60. The first-order chi connectivity index (χ1) is 11.4. The Hall–Kier alpha value is -1.30. The summed E-state index contributed by atoms with van der Waals surface area (Å²) >= 11 is 0. The molecule has 0 nitrogen and oxygen atoms in total. The summed E-state index contributed by atoms with van der Waals surface area (Å²) in [5, 5.41) is 0. The molecule has 1 aromatic carbocycles. The minimum absolute atomic E-state index is 0.708. The topological polar surface area (TPSA) is 0 Å². The molecule has 0 aromatic heterocycles. The van der Waals surface area contributed by atoms with Crippen molar-refractivity contribution < 1.29 is 0 Å². The zero-order valence-corrected chi connectivity index (χ0v) is 15.3. The van der Waals surface area contributed by atoms with Crippen molar-refractivity contribution in [1.29, 1.82) is 0 Å². The molecule has 0 aliphatic rings. The minimum atomic E-state index is 0.708. The van der Waals surface area contributed by atoms with Gasteiger partial charge in [-0.15, -0.1) is 0 Å². The molecule has 0 saturated carbocycles. The van der Waals surface area contributed by atoms with Crippen molar-refractivity contribution >= 4 is 6.08 Å². The van der Waals surface area contributed by atoms with Crippen LogP contribution in [0.5, 0.6) is 0 Å². The fraction of sp³-hybridized carbons (Fsp3) is 0.565. The fourth-order valence-electron chi connectivity index (χ4n) is 3.05. The van der Waals surface area contributed by atoms with E-state index in [0.29, 0.717) is 5.92 Å². The molecule has 0 spiro atoms. The Balaban J connectivity index is 2.16. The van der Waals surface area contributed by atoms with Gasteiger partial charge in [-0.2, -0.15) is 0 Å². The van der Waals surface area contributed by atoms with Crippen molar-refractivity contribution in [2.24, 2.45) is 5.92 Å². The van der Waals surface area contributed by atoms with Gasteiger partial charge >= 0.3 is 0 Å². The van der Waals surface area contributed by atoms with Gasteiger partial charge in [0.05, 0.1) is 0 Å². The summed E-state index contributed by atoms with van der Waals surface area (Å²) in [6.45, 7) is 4.43. The van der Waals surface area contributed by atoms with E-state index in [1.54, 1.807) is 0 Å². The first-order valence-electron chi connectivity index (χ1n) is 9.71. The van der Waals surface area contributed by atoms with Crippen LogP contribution >= 0.6 is 0 Å². The Morgan fingerprint density at radius 1 is 0.870 bits per heavy atom. The number of hydrogen-bond donors (Lipinski definition) is 0. The van der Waals surface area contributed by atoms with E-state index in [0.717, 1.165) is 6.42 Å². The van der Waals surface area contributed by atoms with Crippen molar-refractivity contribution in [3.05, 3.63) is 54.1 Å². The standard InChI is InChI=1S/C23H36/c1-3-5-6-7-8-9-10-12-17-22(16-4-2)20-15-21-23-18-13-11-14-19-23/h4,11,13-16,18-19,21-22H,3,5-10,12,17,20H2,1-2H3/b16-4+,21-15+. The van der Waals surface area contributed by atoms with E-state index in [1.165, 1.54) is 63.4 Å². The van der Waals surface area contributed by atoms with Crippen LogP contribution in [0.3, 0.4) is 0 Å². The summed E-state index contributed by atoms with van der Waals surface area (Å²) in [7, 11) is 0. The number of rotatable bonds is 13. The van der Waals surface area contributed by atoms with Crippen LogP contribution in [0.2, 0.25) is 0 Å². The van der Waals surface area contributed by atoms with Gasteiger partial charge < -0.3 is 0 Å². The Bertz CT molecular complexity index is 413. The first-order valence-corrected chi connectivity index (χ1v) is 9.71. The monoisotopic (exact) mass is 312 g/mol. The molecule has 0 radical (unpaired) electrons. The number of allylic oxidation sites excluding steroid dienone is 3. The van der Waals surface area contributed by atoms with Crippen molar-refractivity contribution in [1.82, 2.24) is 0 Å². The van der Waals surface area contributed by atoms with E-state index in [-0.39, 0.29) is 0 Å². The molecule has 0 aliphatic carbocycles. The van der Waals surface area contributed by atoms with E-state index >= 15 is 0 Å². The molecule has 1 atom stereocenters. The third-order valence-corrected chi connectivity index (χ3v) is 4.44. The van der Waals surface area contributed by atoms with Crippen LogP contribution in [0.4, 0.5) is 0 Å². The van der Waals surface area contributed by atoms with Crippen LogP contribution < -0.4 is 0 Å². The van der Waals surface area contributed by atoms with Gasteiger partial charge in [0.15, 0.2) is 0 Å². The largest absolute Gasteiger partial charge is 0.0914 e. The van der Waals surface area contributed by atoms with Crippen molar-refractivity contribution in [2.45, 2.75) is 78.1 Å². The van der Waals surface area contributed by atoms with Gasteiger partial charge in [0, 0.05) is 0 Å². The Morgan fingerprint density at radius 3 is 2.17 bits per heavy atom. The zero-order chi connectivity index (χ0) is 16.6. The highest BCUT2D eigenvalue weighted by atomic mass is 14.1. The van der Waals surface area contributed by atoms with Gasteiger partial charge in [0.2, 0.25) is 0 Å². The summed E-state index contributed by atoms with van der Waals surface area (Å²) in [6.07, 6.45) is 23.0. The Kier molecular flexibility index (Phi) is 12.3. The minimum Gasteiger partial charge on any atom is -0.0914 e. The smallest absolute Gasteiger partial charge is 0.0199 e. The molecule has 0 N–H and O–H groups in total. The third kappa shape index (κ3) is 11.0.